The van der Waals surface area contributed by atoms with Crippen LogP contribution in [-0.4, -0.2) is 42.8 Å². The molecule has 0 aromatic rings. The van der Waals surface area contributed by atoms with E-state index in [0.29, 0.717) is 17.4 Å². The van der Waals surface area contributed by atoms with Crippen molar-refractivity contribution in [2.45, 2.75) is 46.1 Å². The predicted molar refractivity (Wildman–Crippen MR) is 72.8 cm³/mol. The topological polar surface area (TPSA) is 49.5 Å². The molecule has 17 heavy (non-hydrogen) atoms. The van der Waals surface area contributed by atoms with Crippen LogP contribution in [-0.2, 0) is 0 Å². The van der Waals surface area contributed by atoms with Crippen LogP contribution in [0, 0.1) is 17.3 Å². The Balaban J connectivity index is 2.52. The number of aliphatic hydroxyl groups is 1. The van der Waals surface area contributed by atoms with Gasteiger partial charge < -0.3 is 15.7 Å². The average Bonchev–Trinajstić information content (AvgIpc) is 2.20. The Kier molecular flexibility index (Phi) is 5.42. The van der Waals surface area contributed by atoms with E-state index in [4.69, 9.17) is 10.8 Å². The number of aliphatic hydroxyl groups excluding tert-OH is 1. The van der Waals surface area contributed by atoms with Crippen LogP contribution in [0.1, 0.15) is 40.0 Å². The second-order valence-corrected chi connectivity index (χ2v) is 6.79. The molecular formula is C14H30N2O. The SMILES string of the molecule is CN(CCO)CC1CC(C(C)(C)C)CCC1N. The molecule has 1 aliphatic rings. The molecule has 1 fully saturated rings. The fourth-order valence-corrected chi connectivity index (χ4v) is 2.95. The summed E-state index contributed by atoms with van der Waals surface area (Å²) >= 11 is 0. The quantitative estimate of drug-likeness (QED) is 0.789. The van der Waals surface area contributed by atoms with Crippen LogP contribution in [0.15, 0.2) is 0 Å². The van der Waals surface area contributed by atoms with Gasteiger partial charge in [0, 0.05) is 19.1 Å². The number of likely N-dealkylation sites (N-methyl/N-ethyl adjacent to an activating group) is 1. The van der Waals surface area contributed by atoms with Crippen molar-refractivity contribution >= 4 is 0 Å². The summed E-state index contributed by atoms with van der Waals surface area (Å²) in [5.41, 5.74) is 6.64. The number of hydrogen-bond donors (Lipinski definition) is 2. The van der Waals surface area contributed by atoms with Crippen LogP contribution in [0.5, 0.6) is 0 Å². The van der Waals surface area contributed by atoms with Gasteiger partial charge in [0.15, 0.2) is 0 Å². The molecule has 0 aromatic heterocycles. The summed E-state index contributed by atoms with van der Waals surface area (Å²) in [7, 11) is 2.07. The minimum atomic E-state index is 0.237. The molecule has 3 heteroatoms. The highest BCUT2D eigenvalue weighted by Crippen LogP contribution is 2.39. The smallest absolute Gasteiger partial charge is 0.0558 e. The van der Waals surface area contributed by atoms with Gasteiger partial charge >= 0.3 is 0 Å². The Morgan fingerprint density at radius 1 is 1.29 bits per heavy atom. The molecule has 3 unspecified atom stereocenters. The Hall–Kier alpha value is -0.120. The molecule has 1 aliphatic carbocycles. The third-order valence-corrected chi connectivity index (χ3v) is 4.29. The zero-order chi connectivity index (χ0) is 13.1. The van der Waals surface area contributed by atoms with Crippen LogP contribution in [0.3, 0.4) is 0 Å². The molecular weight excluding hydrogens is 212 g/mol. The van der Waals surface area contributed by atoms with E-state index >= 15 is 0 Å². The highest BCUT2D eigenvalue weighted by atomic mass is 16.3. The van der Waals surface area contributed by atoms with E-state index in [1.165, 1.54) is 12.8 Å². The summed E-state index contributed by atoms with van der Waals surface area (Å²) in [6.45, 7) is 9.02. The number of rotatable bonds is 4. The fraction of sp³-hybridized carbons (Fsp3) is 1.00. The normalized spacial score (nSPS) is 30.9. The van der Waals surface area contributed by atoms with E-state index in [9.17, 15) is 0 Å². The van der Waals surface area contributed by atoms with Gasteiger partial charge in [0.2, 0.25) is 0 Å². The van der Waals surface area contributed by atoms with E-state index in [-0.39, 0.29) is 6.61 Å². The van der Waals surface area contributed by atoms with Gasteiger partial charge in [-0.05, 0) is 43.6 Å². The van der Waals surface area contributed by atoms with Crippen LogP contribution in [0.4, 0.5) is 0 Å². The number of nitrogens with zero attached hydrogens (tertiary/aromatic N) is 1. The van der Waals surface area contributed by atoms with Crippen molar-refractivity contribution in [1.29, 1.82) is 0 Å². The van der Waals surface area contributed by atoms with Gasteiger partial charge in [0.1, 0.15) is 0 Å². The first-order valence-electron chi connectivity index (χ1n) is 6.89. The van der Waals surface area contributed by atoms with Gasteiger partial charge in [-0.1, -0.05) is 20.8 Å². The fourth-order valence-electron chi connectivity index (χ4n) is 2.95. The lowest BCUT2D eigenvalue weighted by molar-refractivity contribution is 0.100. The highest BCUT2D eigenvalue weighted by Gasteiger charge is 2.34. The molecule has 0 radical (unpaired) electrons. The summed E-state index contributed by atoms with van der Waals surface area (Å²) in [5, 5.41) is 8.94. The number of nitrogens with two attached hydrogens (primary N) is 1. The monoisotopic (exact) mass is 242 g/mol. The molecule has 3 N–H and O–H groups in total. The third kappa shape index (κ3) is 4.57. The third-order valence-electron chi connectivity index (χ3n) is 4.29. The molecule has 102 valence electrons. The van der Waals surface area contributed by atoms with Crippen molar-refractivity contribution in [3.8, 4) is 0 Å². The zero-order valence-corrected chi connectivity index (χ0v) is 11.9. The minimum Gasteiger partial charge on any atom is -0.395 e. The van der Waals surface area contributed by atoms with Crippen LogP contribution in [0.2, 0.25) is 0 Å². The van der Waals surface area contributed by atoms with Gasteiger partial charge in [0.05, 0.1) is 6.61 Å². The van der Waals surface area contributed by atoms with Crippen LogP contribution >= 0.6 is 0 Å². The summed E-state index contributed by atoms with van der Waals surface area (Å²) in [6.07, 6.45) is 3.66. The van der Waals surface area contributed by atoms with E-state index in [1.807, 2.05) is 0 Å². The lowest BCUT2D eigenvalue weighted by Gasteiger charge is -2.41. The van der Waals surface area contributed by atoms with Gasteiger partial charge in [-0.2, -0.15) is 0 Å². The van der Waals surface area contributed by atoms with Gasteiger partial charge in [-0.25, -0.2) is 0 Å². The van der Waals surface area contributed by atoms with Crippen molar-refractivity contribution < 1.29 is 5.11 Å². The van der Waals surface area contributed by atoms with Gasteiger partial charge in [-0.15, -0.1) is 0 Å². The van der Waals surface area contributed by atoms with E-state index in [2.05, 4.69) is 32.7 Å². The molecule has 0 spiro atoms. The lowest BCUT2D eigenvalue weighted by Crippen LogP contribution is -2.44. The van der Waals surface area contributed by atoms with Gasteiger partial charge in [-0.3, -0.25) is 0 Å². The first kappa shape index (κ1) is 14.9. The zero-order valence-electron chi connectivity index (χ0n) is 11.9. The van der Waals surface area contributed by atoms with Crippen molar-refractivity contribution in [2.75, 3.05) is 26.7 Å². The van der Waals surface area contributed by atoms with Crippen molar-refractivity contribution in [3.63, 3.8) is 0 Å². The van der Waals surface area contributed by atoms with Crippen molar-refractivity contribution in [1.82, 2.24) is 4.90 Å². The Labute approximate surface area is 106 Å². The lowest BCUT2D eigenvalue weighted by atomic mass is 9.67. The molecule has 3 nitrogen and oxygen atoms in total. The molecule has 0 aliphatic heterocycles. The molecule has 0 amide bonds. The van der Waals surface area contributed by atoms with E-state index in [0.717, 1.165) is 25.4 Å². The van der Waals surface area contributed by atoms with Crippen LogP contribution in [0.25, 0.3) is 0 Å². The second kappa shape index (κ2) is 6.17. The summed E-state index contributed by atoms with van der Waals surface area (Å²) in [6, 6.07) is 0.342. The summed E-state index contributed by atoms with van der Waals surface area (Å²) in [5.74, 6) is 1.37. The average molecular weight is 242 g/mol. The molecule has 0 saturated heterocycles. The summed E-state index contributed by atoms with van der Waals surface area (Å²) < 4.78 is 0. The highest BCUT2D eigenvalue weighted by molar-refractivity contribution is 4.88. The standard InChI is InChI=1S/C14H30N2O/c1-14(2,3)12-5-6-13(15)11(9-12)10-16(4)7-8-17/h11-13,17H,5-10,15H2,1-4H3. The Bertz CT molecular complexity index is 225. The maximum atomic E-state index is 8.94. The maximum Gasteiger partial charge on any atom is 0.0558 e. The van der Waals surface area contributed by atoms with Crippen molar-refractivity contribution in [2.24, 2.45) is 23.0 Å². The Morgan fingerprint density at radius 2 is 1.94 bits per heavy atom. The predicted octanol–water partition coefficient (Wildman–Crippen LogP) is 1.70. The first-order valence-corrected chi connectivity index (χ1v) is 6.89. The molecule has 0 bridgehead atoms. The van der Waals surface area contributed by atoms with E-state index < -0.39 is 0 Å². The van der Waals surface area contributed by atoms with E-state index in [1.54, 1.807) is 0 Å². The largest absolute Gasteiger partial charge is 0.395 e. The van der Waals surface area contributed by atoms with Crippen LogP contribution < -0.4 is 5.73 Å². The molecule has 1 rings (SSSR count). The minimum absolute atomic E-state index is 0.237. The first-order chi connectivity index (χ1) is 7.84. The number of hydrogen-bond acceptors (Lipinski definition) is 3. The Morgan fingerprint density at radius 3 is 2.47 bits per heavy atom. The van der Waals surface area contributed by atoms with Gasteiger partial charge in [0.25, 0.3) is 0 Å². The molecule has 1 saturated carbocycles. The molecule has 3 atom stereocenters. The maximum absolute atomic E-state index is 8.94. The molecule has 0 aromatic carbocycles. The second-order valence-electron chi connectivity index (χ2n) is 6.79. The summed E-state index contributed by atoms with van der Waals surface area (Å²) in [4.78, 5) is 2.20. The van der Waals surface area contributed by atoms with Crippen molar-refractivity contribution in [3.05, 3.63) is 0 Å². The molecule has 0 heterocycles.